The molecule has 1 aromatic rings. The van der Waals surface area contributed by atoms with Crippen molar-refractivity contribution in [3.8, 4) is 0 Å². The van der Waals surface area contributed by atoms with E-state index in [1.807, 2.05) is 0 Å². The van der Waals surface area contributed by atoms with Crippen LogP contribution in [0.25, 0.3) is 0 Å². The SMILES string of the molecule is COCC(N)C(=O)Nc1cc(F)ccc1[N+](=O)[O-]. The number of hydrogen-bond acceptors (Lipinski definition) is 5. The monoisotopic (exact) mass is 257 g/mol. The third kappa shape index (κ3) is 3.47. The number of nitrogens with zero attached hydrogens (tertiary/aromatic N) is 1. The molecule has 0 aliphatic rings. The van der Waals surface area contributed by atoms with Crippen molar-refractivity contribution in [1.82, 2.24) is 0 Å². The van der Waals surface area contributed by atoms with Crippen LogP contribution in [0.2, 0.25) is 0 Å². The fraction of sp³-hybridized carbons (Fsp3) is 0.300. The lowest BCUT2D eigenvalue weighted by Gasteiger charge is -2.11. The van der Waals surface area contributed by atoms with E-state index in [1.165, 1.54) is 7.11 Å². The Balaban J connectivity index is 2.92. The summed E-state index contributed by atoms with van der Waals surface area (Å²) in [4.78, 5) is 21.5. The molecule has 1 rings (SSSR count). The van der Waals surface area contributed by atoms with Gasteiger partial charge in [-0.15, -0.1) is 0 Å². The van der Waals surface area contributed by atoms with Crippen molar-refractivity contribution < 1.29 is 18.8 Å². The van der Waals surface area contributed by atoms with E-state index < -0.39 is 28.4 Å². The third-order valence-corrected chi connectivity index (χ3v) is 2.10. The van der Waals surface area contributed by atoms with Crippen LogP contribution in [0.4, 0.5) is 15.8 Å². The van der Waals surface area contributed by atoms with E-state index in [1.54, 1.807) is 0 Å². The van der Waals surface area contributed by atoms with Gasteiger partial charge in [0.1, 0.15) is 17.5 Å². The maximum Gasteiger partial charge on any atom is 0.292 e. The fourth-order valence-electron chi connectivity index (χ4n) is 1.25. The predicted molar refractivity (Wildman–Crippen MR) is 61.5 cm³/mol. The standard InChI is InChI=1S/C10H12FN3O4/c1-18-5-7(12)10(15)13-8-4-6(11)2-3-9(8)14(16)17/h2-4,7H,5,12H2,1H3,(H,13,15). The van der Waals surface area contributed by atoms with Gasteiger partial charge >= 0.3 is 0 Å². The highest BCUT2D eigenvalue weighted by molar-refractivity contribution is 5.96. The van der Waals surface area contributed by atoms with E-state index in [0.29, 0.717) is 0 Å². The maximum atomic E-state index is 13.0. The number of hydrogen-bond donors (Lipinski definition) is 2. The van der Waals surface area contributed by atoms with Crippen molar-refractivity contribution in [3.05, 3.63) is 34.1 Å². The van der Waals surface area contributed by atoms with Gasteiger partial charge in [-0.05, 0) is 6.07 Å². The molecule has 0 aromatic heterocycles. The molecule has 18 heavy (non-hydrogen) atoms. The molecule has 0 saturated heterocycles. The molecule has 0 saturated carbocycles. The first-order valence-corrected chi connectivity index (χ1v) is 4.95. The second-order valence-corrected chi connectivity index (χ2v) is 3.47. The van der Waals surface area contributed by atoms with Gasteiger partial charge in [0, 0.05) is 19.2 Å². The summed E-state index contributed by atoms with van der Waals surface area (Å²) >= 11 is 0. The number of nitro benzene ring substituents is 1. The van der Waals surface area contributed by atoms with Crippen molar-refractivity contribution in [3.63, 3.8) is 0 Å². The Morgan fingerprint density at radius 3 is 2.89 bits per heavy atom. The first-order chi connectivity index (χ1) is 8.45. The summed E-state index contributed by atoms with van der Waals surface area (Å²) in [6, 6.07) is 1.77. The topological polar surface area (TPSA) is 107 Å². The molecule has 0 fully saturated rings. The molecule has 0 aliphatic heterocycles. The normalized spacial score (nSPS) is 11.9. The van der Waals surface area contributed by atoms with Gasteiger partial charge in [-0.2, -0.15) is 0 Å². The van der Waals surface area contributed by atoms with Gasteiger partial charge in [0.15, 0.2) is 0 Å². The van der Waals surface area contributed by atoms with Crippen LogP contribution in [0.15, 0.2) is 18.2 Å². The number of carbonyl (C=O) groups is 1. The van der Waals surface area contributed by atoms with Crippen molar-refractivity contribution in [2.45, 2.75) is 6.04 Å². The fourth-order valence-corrected chi connectivity index (χ4v) is 1.25. The Hall–Kier alpha value is -2.06. The molecule has 1 unspecified atom stereocenters. The Kier molecular flexibility index (Phi) is 4.69. The van der Waals surface area contributed by atoms with Crippen molar-refractivity contribution >= 4 is 17.3 Å². The van der Waals surface area contributed by atoms with Crippen LogP contribution in [-0.2, 0) is 9.53 Å². The second kappa shape index (κ2) is 6.03. The van der Waals surface area contributed by atoms with E-state index in [4.69, 9.17) is 5.73 Å². The van der Waals surface area contributed by atoms with Crippen LogP contribution in [0, 0.1) is 15.9 Å². The van der Waals surface area contributed by atoms with Gasteiger partial charge in [-0.3, -0.25) is 14.9 Å². The zero-order valence-corrected chi connectivity index (χ0v) is 9.55. The largest absolute Gasteiger partial charge is 0.383 e. The van der Waals surface area contributed by atoms with Gasteiger partial charge in [0.2, 0.25) is 5.91 Å². The minimum Gasteiger partial charge on any atom is -0.383 e. The molecule has 0 bridgehead atoms. The molecule has 7 nitrogen and oxygen atoms in total. The first-order valence-electron chi connectivity index (χ1n) is 4.95. The molecule has 0 spiro atoms. The van der Waals surface area contributed by atoms with Gasteiger partial charge in [0.25, 0.3) is 5.69 Å². The third-order valence-electron chi connectivity index (χ3n) is 2.10. The Morgan fingerprint density at radius 1 is 1.67 bits per heavy atom. The average Bonchev–Trinajstić information content (AvgIpc) is 2.28. The highest BCUT2D eigenvalue weighted by Crippen LogP contribution is 2.24. The van der Waals surface area contributed by atoms with Gasteiger partial charge in [-0.1, -0.05) is 0 Å². The molecule has 0 aliphatic carbocycles. The molecule has 3 N–H and O–H groups in total. The number of nitrogens with one attached hydrogen (secondary N) is 1. The number of amides is 1. The van der Waals surface area contributed by atoms with E-state index in [-0.39, 0.29) is 12.3 Å². The molecule has 0 radical (unpaired) electrons. The lowest BCUT2D eigenvalue weighted by Crippen LogP contribution is -2.39. The molecule has 1 atom stereocenters. The first kappa shape index (κ1) is 14.0. The van der Waals surface area contributed by atoms with Crippen LogP contribution >= 0.6 is 0 Å². The molecule has 1 amide bonds. The number of halogens is 1. The highest BCUT2D eigenvalue weighted by atomic mass is 19.1. The van der Waals surface area contributed by atoms with Gasteiger partial charge in [0.05, 0.1) is 11.5 Å². The minimum atomic E-state index is -0.988. The summed E-state index contributed by atoms with van der Waals surface area (Å²) < 4.78 is 17.7. The number of rotatable bonds is 5. The molecule has 1 aromatic carbocycles. The summed E-state index contributed by atoms with van der Waals surface area (Å²) in [5.41, 5.74) is 4.79. The number of ether oxygens (including phenoxy) is 1. The predicted octanol–water partition coefficient (Wildman–Crippen LogP) is 0.646. The van der Waals surface area contributed by atoms with Crippen LogP contribution < -0.4 is 11.1 Å². The minimum absolute atomic E-state index is 0.0467. The maximum absolute atomic E-state index is 13.0. The summed E-state index contributed by atoms with van der Waals surface area (Å²) in [7, 11) is 1.36. The summed E-state index contributed by atoms with van der Waals surface area (Å²) in [5.74, 6) is -1.39. The number of nitro groups is 1. The highest BCUT2D eigenvalue weighted by Gasteiger charge is 2.20. The van der Waals surface area contributed by atoms with Gasteiger partial charge in [-0.25, -0.2) is 4.39 Å². The number of anilines is 1. The zero-order chi connectivity index (χ0) is 13.7. The number of nitrogens with two attached hydrogens (primary N) is 1. The molecular formula is C10H12FN3O4. The van der Waals surface area contributed by atoms with E-state index >= 15 is 0 Å². The number of carbonyl (C=O) groups excluding carboxylic acids is 1. The van der Waals surface area contributed by atoms with Crippen LogP contribution in [0.5, 0.6) is 0 Å². The Bertz CT molecular complexity index is 466. The number of benzene rings is 1. The average molecular weight is 257 g/mol. The Morgan fingerprint density at radius 2 is 2.33 bits per heavy atom. The quantitative estimate of drug-likeness (QED) is 0.594. The zero-order valence-electron chi connectivity index (χ0n) is 9.55. The van der Waals surface area contributed by atoms with Crippen LogP contribution in [0.1, 0.15) is 0 Å². The molecular weight excluding hydrogens is 245 g/mol. The lowest BCUT2D eigenvalue weighted by atomic mass is 10.2. The van der Waals surface area contributed by atoms with E-state index in [9.17, 15) is 19.3 Å². The lowest BCUT2D eigenvalue weighted by molar-refractivity contribution is -0.384. The van der Waals surface area contributed by atoms with Gasteiger partial charge < -0.3 is 15.8 Å². The molecule has 8 heteroatoms. The molecule has 98 valence electrons. The summed E-state index contributed by atoms with van der Waals surface area (Å²) in [6.45, 7) is -0.0467. The summed E-state index contributed by atoms with van der Waals surface area (Å²) in [6.07, 6.45) is 0. The van der Waals surface area contributed by atoms with Crippen molar-refractivity contribution in [2.24, 2.45) is 5.73 Å². The second-order valence-electron chi connectivity index (χ2n) is 3.47. The van der Waals surface area contributed by atoms with E-state index in [2.05, 4.69) is 10.1 Å². The Labute approximate surface area is 102 Å². The van der Waals surface area contributed by atoms with Crippen molar-refractivity contribution in [1.29, 1.82) is 0 Å². The van der Waals surface area contributed by atoms with Crippen LogP contribution in [0.3, 0.4) is 0 Å². The number of methoxy groups -OCH3 is 1. The van der Waals surface area contributed by atoms with Crippen molar-refractivity contribution in [2.75, 3.05) is 19.0 Å². The summed E-state index contributed by atoms with van der Waals surface area (Å²) in [5, 5.41) is 12.9. The molecule has 0 heterocycles. The van der Waals surface area contributed by atoms with E-state index in [0.717, 1.165) is 18.2 Å². The van der Waals surface area contributed by atoms with Crippen LogP contribution in [-0.4, -0.2) is 30.6 Å². The smallest absolute Gasteiger partial charge is 0.292 e.